The van der Waals surface area contributed by atoms with Crippen molar-refractivity contribution in [2.24, 2.45) is 0 Å². The van der Waals surface area contributed by atoms with E-state index in [2.05, 4.69) is 11.1 Å². The van der Waals surface area contributed by atoms with Gasteiger partial charge in [-0.05, 0) is 13.3 Å². The number of aryl methyl sites for hydroxylation is 1. The lowest BCUT2D eigenvalue weighted by atomic mass is 10.1. The zero-order valence-corrected chi connectivity index (χ0v) is 11.4. The molecule has 108 valence electrons. The van der Waals surface area contributed by atoms with Gasteiger partial charge in [-0.25, -0.2) is 4.79 Å². The lowest BCUT2D eigenvalue weighted by molar-refractivity contribution is 0.161. The second kappa shape index (κ2) is 6.03. The van der Waals surface area contributed by atoms with Crippen LogP contribution in [0.2, 0.25) is 0 Å². The minimum Gasteiger partial charge on any atom is -0.395 e. The lowest BCUT2D eigenvalue weighted by Gasteiger charge is -2.20. The van der Waals surface area contributed by atoms with Gasteiger partial charge in [0.25, 0.3) is 5.56 Å². The Morgan fingerprint density at radius 3 is 2.95 bits per heavy atom. The van der Waals surface area contributed by atoms with E-state index >= 15 is 0 Å². The molecule has 1 aromatic rings. The zero-order valence-electron chi connectivity index (χ0n) is 11.4. The van der Waals surface area contributed by atoms with Crippen LogP contribution in [0, 0.1) is 18.3 Å². The van der Waals surface area contributed by atoms with E-state index in [0.717, 1.165) is 0 Å². The standard InChI is InChI=1S/C13H18N4O3/c1-9-6-17(13(20)15-12(9)19)10-5-11(8-18)16(7-10)4-2-3-14/h6,10-11,18H,2,4-5,7-8H2,1H3,(H,15,19,20)/t10?,11-/m0/s1. The first-order valence-corrected chi connectivity index (χ1v) is 6.60. The van der Waals surface area contributed by atoms with Crippen LogP contribution in [-0.4, -0.2) is 45.3 Å². The molecular weight excluding hydrogens is 260 g/mol. The number of aromatic amines is 1. The molecule has 1 aromatic heterocycles. The number of H-pyrrole nitrogens is 1. The van der Waals surface area contributed by atoms with Crippen molar-refractivity contribution < 1.29 is 5.11 Å². The van der Waals surface area contributed by atoms with E-state index in [9.17, 15) is 14.7 Å². The first-order chi connectivity index (χ1) is 9.56. The van der Waals surface area contributed by atoms with Crippen LogP contribution in [-0.2, 0) is 0 Å². The minimum absolute atomic E-state index is 0.000978. The van der Waals surface area contributed by atoms with Gasteiger partial charge in [-0.15, -0.1) is 0 Å². The van der Waals surface area contributed by atoms with Crippen molar-refractivity contribution in [3.63, 3.8) is 0 Å². The highest BCUT2D eigenvalue weighted by Gasteiger charge is 2.32. The largest absolute Gasteiger partial charge is 0.395 e. The van der Waals surface area contributed by atoms with Gasteiger partial charge in [0.15, 0.2) is 0 Å². The molecule has 2 N–H and O–H groups in total. The number of nitrogens with one attached hydrogen (secondary N) is 1. The molecule has 0 aromatic carbocycles. The normalized spacial score (nSPS) is 22.9. The summed E-state index contributed by atoms with van der Waals surface area (Å²) in [4.78, 5) is 27.6. The van der Waals surface area contributed by atoms with E-state index in [1.165, 1.54) is 4.57 Å². The molecule has 1 saturated heterocycles. The number of aliphatic hydroxyl groups is 1. The van der Waals surface area contributed by atoms with Crippen LogP contribution in [0.15, 0.2) is 15.8 Å². The van der Waals surface area contributed by atoms with Gasteiger partial charge in [0.05, 0.1) is 18.7 Å². The number of likely N-dealkylation sites (tertiary alicyclic amines) is 1. The molecule has 2 atom stereocenters. The zero-order chi connectivity index (χ0) is 14.7. The topological polar surface area (TPSA) is 102 Å². The summed E-state index contributed by atoms with van der Waals surface area (Å²) < 4.78 is 1.52. The Morgan fingerprint density at radius 1 is 1.55 bits per heavy atom. The highest BCUT2D eigenvalue weighted by molar-refractivity contribution is 5.03. The van der Waals surface area contributed by atoms with Gasteiger partial charge in [0.2, 0.25) is 0 Å². The van der Waals surface area contributed by atoms with Gasteiger partial charge in [0.1, 0.15) is 0 Å². The monoisotopic (exact) mass is 278 g/mol. The third-order valence-electron chi connectivity index (χ3n) is 3.77. The number of hydrogen-bond acceptors (Lipinski definition) is 5. The number of nitrogens with zero attached hydrogens (tertiary/aromatic N) is 3. The Balaban J connectivity index is 2.23. The predicted octanol–water partition coefficient (Wildman–Crippen LogP) is -0.634. The third kappa shape index (κ3) is 2.81. The molecule has 0 bridgehead atoms. The fourth-order valence-corrected chi connectivity index (χ4v) is 2.67. The van der Waals surface area contributed by atoms with Crippen molar-refractivity contribution in [3.05, 3.63) is 32.6 Å². The smallest absolute Gasteiger partial charge is 0.328 e. The molecule has 1 aliphatic heterocycles. The van der Waals surface area contributed by atoms with Crippen LogP contribution in [0.25, 0.3) is 0 Å². The molecular formula is C13H18N4O3. The van der Waals surface area contributed by atoms with Gasteiger partial charge < -0.3 is 5.11 Å². The molecule has 1 fully saturated rings. The third-order valence-corrected chi connectivity index (χ3v) is 3.77. The van der Waals surface area contributed by atoms with Crippen LogP contribution >= 0.6 is 0 Å². The fraction of sp³-hybridized carbons (Fsp3) is 0.615. The van der Waals surface area contributed by atoms with Crippen molar-refractivity contribution in [2.45, 2.75) is 31.8 Å². The minimum atomic E-state index is -0.426. The fourth-order valence-electron chi connectivity index (χ4n) is 2.67. The van der Waals surface area contributed by atoms with Crippen molar-refractivity contribution in [2.75, 3.05) is 19.7 Å². The molecule has 20 heavy (non-hydrogen) atoms. The first-order valence-electron chi connectivity index (χ1n) is 6.60. The summed E-state index contributed by atoms with van der Waals surface area (Å²) in [5, 5.41) is 18.0. The van der Waals surface area contributed by atoms with E-state index < -0.39 is 5.69 Å². The van der Waals surface area contributed by atoms with E-state index in [4.69, 9.17) is 5.26 Å². The molecule has 1 aliphatic rings. The average molecular weight is 278 g/mol. The second-order valence-electron chi connectivity index (χ2n) is 5.11. The van der Waals surface area contributed by atoms with Gasteiger partial charge >= 0.3 is 5.69 Å². The van der Waals surface area contributed by atoms with E-state index in [1.807, 2.05) is 4.90 Å². The molecule has 7 heteroatoms. The van der Waals surface area contributed by atoms with Gasteiger partial charge in [-0.1, -0.05) is 0 Å². The van der Waals surface area contributed by atoms with Crippen molar-refractivity contribution >= 4 is 0 Å². The molecule has 0 amide bonds. The maximum atomic E-state index is 11.9. The van der Waals surface area contributed by atoms with Crippen molar-refractivity contribution in [3.8, 4) is 6.07 Å². The van der Waals surface area contributed by atoms with Gasteiger partial charge in [0, 0.05) is 37.3 Å². The molecule has 2 rings (SSSR count). The Morgan fingerprint density at radius 2 is 2.30 bits per heavy atom. The molecule has 0 aliphatic carbocycles. The average Bonchev–Trinajstić information content (AvgIpc) is 2.83. The quantitative estimate of drug-likeness (QED) is 0.763. The Hall–Kier alpha value is -1.91. The second-order valence-corrected chi connectivity index (χ2v) is 5.11. The van der Waals surface area contributed by atoms with Crippen LogP contribution in [0.5, 0.6) is 0 Å². The predicted molar refractivity (Wildman–Crippen MR) is 72.4 cm³/mol. The number of aliphatic hydroxyl groups excluding tert-OH is 1. The van der Waals surface area contributed by atoms with Crippen molar-refractivity contribution in [1.29, 1.82) is 5.26 Å². The molecule has 2 heterocycles. The number of rotatable bonds is 4. The molecule has 0 saturated carbocycles. The van der Waals surface area contributed by atoms with E-state index in [-0.39, 0.29) is 24.2 Å². The van der Waals surface area contributed by atoms with Crippen LogP contribution < -0.4 is 11.2 Å². The van der Waals surface area contributed by atoms with Crippen LogP contribution in [0.3, 0.4) is 0 Å². The Kier molecular flexibility index (Phi) is 4.37. The summed E-state index contributed by atoms with van der Waals surface area (Å²) in [7, 11) is 0. The number of hydrogen-bond donors (Lipinski definition) is 2. The molecule has 0 spiro atoms. The summed E-state index contributed by atoms with van der Waals surface area (Å²) in [5.74, 6) is 0. The Labute approximate surface area is 116 Å². The van der Waals surface area contributed by atoms with Crippen molar-refractivity contribution in [1.82, 2.24) is 14.5 Å². The van der Waals surface area contributed by atoms with Crippen LogP contribution in [0.4, 0.5) is 0 Å². The van der Waals surface area contributed by atoms with Gasteiger partial charge in [-0.2, -0.15) is 5.26 Å². The summed E-state index contributed by atoms with van der Waals surface area (Å²) in [6.07, 6.45) is 2.59. The highest BCUT2D eigenvalue weighted by Crippen LogP contribution is 2.26. The first kappa shape index (κ1) is 14.5. The molecule has 7 nitrogen and oxygen atoms in total. The SMILES string of the molecule is Cc1cn(C2C[C@@H](CO)N(CCC#N)C2)c(=O)[nH]c1=O. The molecule has 1 unspecified atom stereocenters. The summed E-state index contributed by atoms with van der Waals surface area (Å²) in [6.45, 7) is 2.83. The van der Waals surface area contributed by atoms with E-state index in [1.54, 1.807) is 13.1 Å². The van der Waals surface area contributed by atoms with Crippen LogP contribution in [0.1, 0.15) is 24.4 Å². The summed E-state index contributed by atoms with van der Waals surface area (Å²) in [5.41, 5.74) is -0.311. The maximum absolute atomic E-state index is 11.9. The lowest BCUT2D eigenvalue weighted by Crippen LogP contribution is -2.35. The summed E-state index contributed by atoms with van der Waals surface area (Å²) in [6, 6.07) is 1.94. The molecule has 0 radical (unpaired) electrons. The highest BCUT2D eigenvalue weighted by atomic mass is 16.3. The number of nitriles is 1. The van der Waals surface area contributed by atoms with E-state index in [0.29, 0.717) is 31.5 Å². The maximum Gasteiger partial charge on any atom is 0.328 e. The Bertz CT molecular complexity index is 628. The van der Waals surface area contributed by atoms with Gasteiger partial charge in [-0.3, -0.25) is 19.2 Å². The number of aromatic nitrogens is 2. The summed E-state index contributed by atoms with van der Waals surface area (Å²) >= 11 is 0.